The van der Waals surface area contributed by atoms with Crippen LogP contribution in [0.4, 0.5) is 5.69 Å². The van der Waals surface area contributed by atoms with E-state index < -0.39 is 5.25 Å². The van der Waals surface area contributed by atoms with E-state index in [2.05, 4.69) is 5.32 Å². The van der Waals surface area contributed by atoms with Crippen molar-refractivity contribution in [3.63, 3.8) is 0 Å². The minimum absolute atomic E-state index is 0.0358. The number of carbonyl (C=O) groups is 3. The quantitative estimate of drug-likeness (QED) is 0.707. The van der Waals surface area contributed by atoms with Crippen LogP contribution >= 0.6 is 11.8 Å². The Kier molecular flexibility index (Phi) is 7.20. The van der Waals surface area contributed by atoms with Crippen LogP contribution in [0.2, 0.25) is 0 Å². The molecule has 1 atom stereocenters. The van der Waals surface area contributed by atoms with Crippen molar-refractivity contribution in [3.8, 4) is 0 Å². The smallest absolute Gasteiger partial charge is 0.250 e. The van der Waals surface area contributed by atoms with Gasteiger partial charge in [-0.2, -0.15) is 0 Å². The Morgan fingerprint density at radius 1 is 1.06 bits per heavy atom. The molecule has 0 aromatic heterocycles. The molecule has 2 fully saturated rings. The van der Waals surface area contributed by atoms with Crippen molar-refractivity contribution in [1.29, 1.82) is 0 Å². The van der Waals surface area contributed by atoms with Crippen LogP contribution in [0, 0.1) is 12.8 Å². The van der Waals surface area contributed by atoms with Gasteiger partial charge in [0.25, 0.3) is 5.91 Å². The molecule has 1 unspecified atom stereocenters. The fraction of sp³-hybridized carbons (Fsp3) is 0.625. The molecule has 1 aromatic rings. The molecule has 0 spiro atoms. The number of nitrogens with one attached hydrogen (secondary N) is 1. The van der Waals surface area contributed by atoms with Gasteiger partial charge < -0.3 is 15.1 Å². The number of carbonyl (C=O) groups excluding carboxylic acids is 3. The standard InChI is InChI=1S/C24H33N3O3S/c1-17-10-11-19-20(14-17)31-22(23(29)26-12-6-3-7-13-26)24(30)27(19)16-21(28)25-15-18-8-4-2-5-9-18/h10-11,14,18,22H,2-9,12-13,15-16H2,1H3,(H,25,28). The number of thioether (sulfide) groups is 1. The molecule has 168 valence electrons. The van der Waals surface area contributed by atoms with Crippen molar-refractivity contribution in [1.82, 2.24) is 10.2 Å². The lowest BCUT2D eigenvalue weighted by molar-refractivity contribution is -0.135. The summed E-state index contributed by atoms with van der Waals surface area (Å²) in [7, 11) is 0. The Bertz CT molecular complexity index is 831. The topological polar surface area (TPSA) is 69.7 Å². The molecule has 1 saturated carbocycles. The summed E-state index contributed by atoms with van der Waals surface area (Å²) in [5.74, 6) is -0.00518. The lowest BCUT2D eigenvalue weighted by Gasteiger charge is -2.36. The first-order valence-electron chi connectivity index (χ1n) is 11.7. The Balaban J connectivity index is 1.48. The summed E-state index contributed by atoms with van der Waals surface area (Å²) in [6.07, 6.45) is 9.17. The van der Waals surface area contributed by atoms with Gasteiger partial charge in [-0.05, 0) is 62.6 Å². The molecule has 2 heterocycles. The molecule has 31 heavy (non-hydrogen) atoms. The zero-order valence-electron chi connectivity index (χ0n) is 18.4. The molecular formula is C24H33N3O3S. The number of hydrogen-bond donors (Lipinski definition) is 1. The molecule has 6 nitrogen and oxygen atoms in total. The van der Waals surface area contributed by atoms with Gasteiger partial charge in [-0.25, -0.2) is 0 Å². The number of hydrogen-bond acceptors (Lipinski definition) is 4. The molecule has 1 aromatic carbocycles. The van der Waals surface area contributed by atoms with Crippen LogP contribution in [0.15, 0.2) is 23.1 Å². The number of likely N-dealkylation sites (tertiary alicyclic amines) is 1. The summed E-state index contributed by atoms with van der Waals surface area (Å²) < 4.78 is 0. The van der Waals surface area contributed by atoms with E-state index in [9.17, 15) is 14.4 Å². The van der Waals surface area contributed by atoms with Crippen molar-refractivity contribution < 1.29 is 14.4 Å². The molecule has 1 saturated heterocycles. The number of rotatable bonds is 5. The van der Waals surface area contributed by atoms with Crippen molar-refractivity contribution in [2.75, 3.05) is 31.1 Å². The van der Waals surface area contributed by atoms with Gasteiger partial charge in [0, 0.05) is 24.5 Å². The predicted molar refractivity (Wildman–Crippen MR) is 123 cm³/mol. The monoisotopic (exact) mass is 443 g/mol. The molecule has 4 rings (SSSR count). The highest BCUT2D eigenvalue weighted by Gasteiger charge is 2.41. The highest BCUT2D eigenvalue weighted by atomic mass is 32.2. The Labute approximate surface area is 189 Å². The van der Waals surface area contributed by atoms with Crippen molar-refractivity contribution in [3.05, 3.63) is 23.8 Å². The number of benzene rings is 1. The molecule has 3 amide bonds. The van der Waals surface area contributed by atoms with E-state index in [1.54, 1.807) is 0 Å². The molecule has 2 aliphatic heterocycles. The normalized spacial score (nSPS) is 22.2. The minimum Gasteiger partial charge on any atom is -0.354 e. The van der Waals surface area contributed by atoms with Crippen molar-refractivity contribution in [2.24, 2.45) is 5.92 Å². The maximum Gasteiger partial charge on any atom is 0.250 e. The first-order valence-corrected chi connectivity index (χ1v) is 12.5. The summed E-state index contributed by atoms with van der Waals surface area (Å²) in [6, 6.07) is 5.85. The van der Waals surface area contributed by atoms with Crippen molar-refractivity contribution >= 4 is 35.2 Å². The third-order valence-electron chi connectivity index (χ3n) is 6.65. The number of piperidine rings is 1. The zero-order chi connectivity index (χ0) is 21.8. The SMILES string of the molecule is Cc1ccc2c(c1)SC(C(=O)N1CCCCC1)C(=O)N2CC(=O)NCC1CCCCC1. The fourth-order valence-corrected chi connectivity index (χ4v) is 6.11. The van der Waals surface area contributed by atoms with Crippen molar-refractivity contribution in [2.45, 2.75) is 68.4 Å². The van der Waals surface area contributed by atoms with E-state index >= 15 is 0 Å². The van der Waals surface area contributed by atoms with Gasteiger partial charge in [-0.3, -0.25) is 14.4 Å². The largest absolute Gasteiger partial charge is 0.354 e. The maximum absolute atomic E-state index is 13.4. The first-order chi connectivity index (χ1) is 15.0. The van der Waals surface area contributed by atoms with Crippen LogP contribution in [0.1, 0.15) is 56.9 Å². The zero-order valence-corrected chi connectivity index (χ0v) is 19.2. The molecule has 1 aliphatic carbocycles. The van der Waals surface area contributed by atoms with Gasteiger partial charge >= 0.3 is 0 Å². The summed E-state index contributed by atoms with van der Waals surface area (Å²) in [4.78, 5) is 43.5. The summed E-state index contributed by atoms with van der Waals surface area (Å²) in [5, 5.41) is 2.23. The number of anilines is 1. The molecule has 1 N–H and O–H groups in total. The molecule has 0 radical (unpaired) electrons. The third-order valence-corrected chi connectivity index (χ3v) is 7.87. The minimum atomic E-state index is -0.807. The van der Waals surface area contributed by atoms with E-state index in [0.29, 0.717) is 25.6 Å². The molecular weight excluding hydrogens is 410 g/mol. The highest BCUT2D eigenvalue weighted by Crippen LogP contribution is 2.40. The molecule has 0 bridgehead atoms. The van der Waals surface area contributed by atoms with Crippen LogP contribution < -0.4 is 10.2 Å². The van der Waals surface area contributed by atoms with Gasteiger partial charge in [-0.15, -0.1) is 11.8 Å². The number of amides is 3. The van der Waals surface area contributed by atoms with E-state index in [-0.39, 0.29) is 24.3 Å². The van der Waals surface area contributed by atoms with Gasteiger partial charge in [-0.1, -0.05) is 25.3 Å². The lowest BCUT2D eigenvalue weighted by Crippen LogP contribution is -2.53. The van der Waals surface area contributed by atoms with Crippen LogP contribution in [-0.4, -0.2) is 54.1 Å². The highest BCUT2D eigenvalue weighted by molar-refractivity contribution is 8.01. The van der Waals surface area contributed by atoms with E-state index in [1.165, 1.54) is 35.9 Å². The number of fused-ring (bicyclic) bond motifs is 1. The van der Waals surface area contributed by atoms with Crippen LogP contribution in [0.5, 0.6) is 0 Å². The first kappa shape index (κ1) is 22.2. The number of aryl methyl sites for hydroxylation is 1. The van der Waals surface area contributed by atoms with E-state index in [1.807, 2.05) is 30.0 Å². The van der Waals surface area contributed by atoms with Gasteiger partial charge in [0.05, 0.1) is 5.69 Å². The summed E-state index contributed by atoms with van der Waals surface area (Å²) in [5.41, 5.74) is 1.81. The van der Waals surface area contributed by atoms with E-state index in [4.69, 9.17) is 0 Å². The molecule has 7 heteroatoms. The van der Waals surface area contributed by atoms with Gasteiger partial charge in [0.2, 0.25) is 11.8 Å². The summed E-state index contributed by atoms with van der Waals surface area (Å²) >= 11 is 1.33. The fourth-order valence-electron chi connectivity index (χ4n) is 4.82. The summed E-state index contributed by atoms with van der Waals surface area (Å²) in [6.45, 7) is 4.07. The second kappa shape index (κ2) is 10.1. The Morgan fingerprint density at radius 2 is 1.77 bits per heavy atom. The molecule has 3 aliphatic rings. The Morgan fingerprint density at radius 3 is 2.52 bits per heavy atom. The lowest BCUT2D eigenvalue weighted by atomic mass is 9.89. The predicted octanol–water partition coefficient (Wildman–Crippen LogP) is 3.51. The maximum atomic E-state index is 13.4. The average Bonchev–Trinajstić information content (AvgIpc) is 2.80. The van der Waals surface area contributed by atoms with Gasteiger partial charge in [0.15, 0.2) is 5.25 Å². The van der Waals surface area contributed by atoms with Crippen LogP contribution in [0.3, 0.4) is 0 Å². The van der Waals surface area contributed by atoms with E-state index in [0.717, 1.165) is 48.3 Å². The second-order valence-electron chi connectivity index (χ2n) is 9.09. The third kappa shape index (κ3) is 5.25. The van der Waals surface area contributed by atoms with Crippen LogP contribution in [-0.2, 0) is 14.4 Å². The van der Waals surface area contributed by atoms with Crippen LogP contribution in [0.25, 0.3) is 0 Å². The Hall–Kier alpha value is -2.02. The number of nitrogens with zero attached hydrogens (tertiary/aromatic N) is 2. The second-order valence-corrected chi connectivity index (χ2v) is 10.2. The average molecular weight is 444 g/mol. The van der Waals surface area contributed by atoms with Gasteiger partial charge in [0.1, 0.15) is 6.54 Å².